The lowest BCUT2D eigenvalue weighted by Gasteiger charge is -2.23. The smallest absolute Gasteiger partial charge is 0.141 e. The molecule has 0 aliphatic rings. The van der Waals surface area contributed by atoms with E-state index in [2.05, 4.69) is 30.4 Å². The summed E-state index contributed by atoms with van der Waals surface area (Å²) in [5, 5.41) is 22.5. The number of hydrogen-bond acceptors (Lipinski definition) is 5. The second-order valence-electron chi connectivity index (χ2n) is 4.92. The second-order valence-corrected chi connectivity index (χ2v) is 6.43. The zero-order valence-electron chi connectivity index (χ0n) is 11.4. The molecule has 0 saturated heterocycles. The number of nitrogens with one attached hydrogen (secondary N) is 1. The van der Waals surface area contributed by atoms with Gasteiger partial charge in [0.2, 0.25) is 0 Å². The minimum Gasteiger partial charge on any atom is -0.506 e. The predicted octanol–water partition coefficient (Wildman–Crippen LogP) is 1.82. The van der Waals surface area contributed by atoms with Crippen LogP contribution in [0.5, 0.6) is 5.75 Å². The van der Waals surface area contributed by atoms with Crippen molar-refractivity contribution in [3.8, 4) is 5.75 Å². The van der Waals surface area contributed by atoms with Crippen molar-refractivity contribution >= 4 is 11.8 Å². The minimum atomic E-state index is -0.107. The SMILES string of the molecule is CSC(C)(C)CNCc1c(CO)cnc(C)c1O. The summed E-state index contributed by atoms with van der Waals surface area (Å²) in [4.78, 5) is 4.04. The van der Waals surface area contributed by atoms with Gasteiger partial charge in [0.25, 0.3) is 0 Å². The summed E-state index contributed by atoms with van der Waals surface area (Å²) in [7, 11) is 0. The van der Waals surface area contributed by atoms with E-state index in [9.17, 15) is 10.2 Å². The molecular formula is C13H22N2O2S. The summed E-state index contributed by atoms with van der Waals surface area (Å²) in [6, 6.07) is 0. The molecule has 1 rings (SSSR count). The summed E-state index contributed by atoms with van der Waals surface area (Å²) in [6.45, 7) is 7.34. The molecule has 4 nitrogen and oxygen atoms in total. The number of pyridine rings is 1. The number of aliphatic hydroxyl groups excluding tert-OH is 1. The molecule has 0 atom stereocenters. The van der Waals surface area contributed by atoms with Crippen LogP contribution in [0.25, 0.3) is 0 Å². The molecule has 0 spiro atoms. The normalized spacial score (nSPS) is 11.8. The first kappa shape index (κ1) is 15.3. The van der Waals surface area contributed by atoms with Crippen LogP contribution in [0.2, 0.25) is 0 Å². The van der Waals surface area contributed by atoms with Gasteiger partial charge >= 0.3 is 0 Å². The Morgan fingerprint density at radius 1 is 1.44 bits per heavy atom. The van der Waals surface area contributed by atoms with Gasteiger partial charge < -0.3 is 15.5 Å². The van der Waals surface area contributed by atoms with E-state index in [1.54, 1.807) is 24.9 Å². The molecule has 1 heterocycles. The first-order valence-corrected chi connectivity index (χ1v) is 7.17. The second kappa shape index (κ2) is 6.41. The molecule has 0 fully saturated rings. The Morgan fingerprint density at radius 3 is 2.67 bits per heavy atom. The van der Waals surface area contributed by atoms with Crippen molar-refractivity contribution in [2.45, 2.75) is 38.7 Å². The van der Waals surface area contributed by atoms with Crippen molar-refractivity contribution in [1.29, 1.82) is 0 Å². The van der Waals surface area contributed by atoms with Crippen molar-refractivity contribution in [2.75, 3.05) is 12.8 Å². The van der Waals surface area contributed by atoms with E-state index in [0.29, 0.717) is 17.8 Å². The Hall–Kier alpha value is -0.780. The maximum atomic E-state index is 9.98. The Labute approximate surface area is 113 Å². The van der Waals surface area contributed by atoms with Crippen molar-refractivity contribution in [1.82, 2.24) is 10.3 Å². The Balaban J connectivity index is 2.75. The summed E-state index contributed by atoms with van der Waals surface area (Å²) in [6.07, 6.45) is 3.70. The van der Waals surface area contributed by atoms with Gasteiger partial charge in [0.15, 0.2) is 0 Å². The molecule has 0 saturated carbocycles. The number of nitrogens with zero attached hydrogens (tertiary/aromatic N) is 1. The lowest BCUT2D eigenvalue weighted by Crippen LogP contribution is -2.31. The van der Waals surface area contributed by atoms with Crippen LogP contribution in [0, 0.1) is 6.92 Å². The minimum absolute atomic E-state index is 0.107. The van der Waals surface area contributed by atoms with Crippen LogP contribution in [0.4, 0.5) is 0 Å². The van der Waals surface area contributed by atoms with Crippen LogP contribution in [0.3, 0.4) is 0 Å². The summed E-state index contributed by atoms with van der Waals surface area (Å²) in [5.74, 6) is 0.177. The number of thioether (sulfide) groups is 1. The average Bonchev–Trinajstić information content (AvgIpc) is 2.34. The molecular weight excluding hydrogens is 248 g/mol. The van der Waals surface area contributed by atoms with Crippen molar-refractivity contribution in [3.05, 3.63) is 23.0 Å². The predicted molar refractivity (Wildman–Crippen MR) is 75.9 cm³/mol. The lowest BCUT2D eigenvalue weighted by atomic mass is 10.1. The highest BCUT2D eigenvalue weighted by molar-refractivity contribution is 7.99. The van der Waals surface area contributed by atoms with Gasteiger partial charge in [-0.15, -0.1) is 0 Å². The standard InChI is InChI=1S/C13H22N2O2S/c1-9-12(17)11(10(7-16)5-15-9)6-14-8-13(2,3)18-4/h5,14,16-17H,6-8H2,1-4H3. The van der Waals surface area contributed by atoms with Gasteiger partial charge in [-0.1, -0.05) is 0 Å². The largest absolute Gasteiger partial charge is 0.506 e. The van der Waals surface area contributed by atoms with Crippen LogP contribution in [-0.4, -0.2) is 32.7 Å². The molecule has 0 aliphatic carbocycles. The van der Waals surface area contributed by atoms with E-state index in [0.717, 1.165) is 12.1 Å². The van der Waals surface area contributed by atoms with Gasteiger partial charge in [-0.05, 0) is 27.0 Å². The van der Waals surface area contributed by atoms with Crippen molar-refractivity contribution in [3.63, 3.8) is 0 Å². The van der Waals surface area contributed by atoms with Crippen LogP contribution in [0.1, 0.15) is 30.7 Å². The van der Waals surface area contributed by atoms with Gasteiger partial charge in [0.05, 0.1) is 12.3 Å². The van der Waals surface area contributed by atoms with Gasteiger partial charge in [-0.3, -0.25) is 4.98 Å². The molecule has 0 aliphatic heterocycles. The Kier molecular flexibility index (Phi) is 5.44. The maximum absolute atomic E-state index is 9.98. The highest BCUT2D eigenvalue weighted by Crippen LogP contribution is 2.24. The quantitative estimate of drug-likeness (QED) is 0.736. The third-order valence-electron chi connectivity index (χ3n) is 3.01. The van der Waals surface area contributed by atoms with Gasteiger partial charge in [0, 0.05) is 35.2 Å². The van der Waals surface area contributed by atoms with Gasteiger partial charge in [0.1, 0.15) is 5.75 Å². The van der Waals surface area contributed by atoms with E-state index < -0.39 is 0 Å². The molecule has 102 valence electrons. The molecule has 0 radical (unpaired) electrons. The molecule has 3 N–H and O–H groups in total. The number of aromatic hydroxyl groups is 1. The first-order chi connectivity index (χ1) is 8.41. The molecule has 5 heteroatoms. The number of rotatable bonds is 6. The highest BCUT2D eigenvalue weighted by atomic mass is 32.2. The summed E-state index contributed by atoms with van der Waals surface area (Å²) < 4.78 is 0.150. The Morgan fingerprint density at radius 2 is 2.11 bits per heavy atom. The zero-order chi connectivity index (χ0) is 13.8. The summed E-state index contributed by atoms with van der Waals surface area (Å²) >= 11 is 1.79. The maximum Gasteiger partial charge on any atom is 0.141 e. The third kappa shape index (κ3) is 3.86. The van der Waals surface area contributed by atoms with E-state index in [1.807, 2.05) is 0 Å². The molecule has 1 aromatic rings. The molecule has 0 unspecified atom stereocenters. The first-order valence-electron chi connectivity index (χ1n) is 5.94. The molecule has 0 aromatic carbocycles. The van der Waals surface area contributed by atoms with E-state index >= 15 is 0 Å². The van der Waals surface area contributed by atoms with Crippen LogP contribution < -0.4 is 5.32 Å². The zero-order valence-corrected chi connectivity index (χ0v) is 12.3. The number of aromatic nitrogens is 1. The number of aliphatic hydroxyl groups is 1. The Bertz CT molecular complexity index is 408. The highest BCUT2D eigenvalue weighted by Gasteiger charge is 2.16. The fraction of sp³-hybridized carbons (Fsp3) is 0.615. The fourth-order valence-electron chi connectivity index (χ4n) is 1.58. The molecule has 1 aromatic heterocycles. The van der Waals surface area contributed by atoms with Gasteiger partial charge in [-0.2, -0.15) is 11.8 Å². The average molecular weight is 270 g/mol. The topological polar surface area (TPSA) is 65.4 Å². The van der Waals surface area contributed by atoms with Crippen LogP contribution in [0.15, 0.2) is 6.20 Å². The number of aryl methyl sites for hydroxylation is 1. The number of hydrogen-bond donors (Lipinski definition) is 3. The van der Waals surface area contributed by atoms with Crippen molar-refractivity contribution in [2.24, 2.45) is 0 Å². The molecule has 0 amide bonds. The van der Waals surface area contributed by atoms with E-state index in [4.69, 9.17) is 0 Å². The van der Waals surface area contributed by atoms with Gasteiger partial charge in [-0.25, -0.2) is 0 Å². The molecule has 18 heavy (non-hydrogen) atoms. The third-order valence-corrected chi connectivity index (χ3v) is 4.26. The fourth-order valence-corrected chi connectivity index (χ4v) is 1.82. The van der Waals surface area contributed by atoms with Crippen LogP contribution in [-0.2, 0) is 13.2 Å². The van der Waals surface area contributed by atoms with E-state index in [1.165, 1.54) is 0 Å². The summed E-state index contributed by atoms with van der Waals surface area (Å²) in [5.41, 5.74) is 2.00. The van der Waals surface area contributed by atoms with E-state index in [-0.39, 0.29) is 17.1 Å². The molecule has 0 bridgehead atoms. The lowest BCUT2D eigenvalue weighted by molar-refractivity contribution is 0.278. The van der Waals surface area contributed by atoms with Crippen LogP contribution >= 0.6 is 11.8 Å². The van der Waals surface area contributed by atoms with Crippen molar-refractivity contribution < 1.29 is 10.2 Å². The monoisotopic (exact) mass is 270 g/mol.